The first-order chi connectivity index (χ1) is 18.7. The van der Waals surface area contributed by atoms with Crippen molar-refractivity contribution < 1.29 is 38.7 Å². The number of rotatable bonds is 14. The van der Waals surface area contributed by atoms with Gasteiger partial charge in [-0.25, -0.2) is 9.59 Å². The monoisotopic (exact) mass is 552 g/mol. The van der Waals surface area contributed by atoms with Crippen molar-refractivity contribution in [2.75, 3.05) is 26.4 Å². The highest BCUT2D eigenvalue weighted by atomic mass is 32.2. The van der Waals surface area contributed by atoms with Gasteiger partial charge in [-0.3, -0.25) is 0 Å². The summed E-state index contributed by atoms with van der Waals surface area (Å²) < 4.78 is 22.8. The molecule has 3 aromatic carbocycles. The molecule has 2 unspecified atom stereocenters. The second-order valence-corrected chi connectivity index (χ2v) is 9.88. The Labute approximate surface area is 231 Å². The molecule has 0 saturated heterocycles. The van der Waals surface area contributed by atoms with Gasteiger partial charge in [-0.1, -0.05) is 67.4 Å². The molecule has 3 aromatic rings. The van der Waals surface area contributed by atoms with Crippen LogP contribution in [0.4, 0.5) is 0 Å². The van der Waals surface area contributed by atoms with Crippen LogP contribution in [0.5, 0.6) is 11.5 Å². The van der Waals surface area contributed by atoms with E-state index < -0.39 is 37.4 Å². The second-order valence-electron chi connectivity index (χ2n) is 8.77. The lowest BCUT2D eigenvalue weighted by Gasteiger charge is -2.21. The SMILES string of the molecule is C=C(C)C(=O)OC(CO)COc1cc(Sc2ccccc2)c(OCC(CO)OC(=O)C(=C)C)c2ccccc12. The quantitative estimate of drug-likeness (QED) is 0.217. The number of hydrogen-bond acceptors (Lipinski definition) is 9. The van der Waals surface area contributed by atoms with Crippen LogP contribution in [0, 0.1) is 0 Å². The van der Waals surface area contributed by atoms with Crippen LogP contribution in [-0.2, 0) is 19.1 Å². The van der Waals surface area contributed by atoms with Gasteiger partial charge in [0.15, 0.2) is 12.2 Å². The molecule has 0 fully saturated rings. The van der Waals surface area contributed by atoms with Gasteiger partial charge in [0, 0.05) is 26.8 Å². The Morgan fingerprint density at radius 1 is 0.795 bits per heavy atom. The fraction of sp³-hybridized carbons (Fsp3) is 0.267. The zero-order valence-electron chi connectivity index (χ0n) is 21.9. The van der Waals surface area contributed by atoms with E-state index in [4.69, 9.17) is 18.9 Å². The van der Waals surface area contributed by atoms with Crippen LogP contribution in [0.15, 0.2) is 94.8 Å². The standard InChI is InChI=1S/C30H32O8S/c1-19(2)29(33)37-21(15-31)17-35-26-14-27(39-23-10-6-5-7-11-23)28(25-13-9-8-12-24(25)26)36-18-22(16-32)38-30(34)20(3)4/h5-14,21-22,31-32H,1,3,15-18H2,2,4H3. The fourth-order valence-electron chi connectivity index (χ4n) is 3.36. The first-order valence-corrected chi connectivity index (χ1v) is 13.0. The number of ether oxygens (including phenoxy) is 4. The number of carbonyl (C=O) groups excluding carboxylic acids is 2. The smallest absolute Gasteiger partial charge is 0.333 e. The van der Waals surface area contributed by atoms with Crippen molar-refractivity contribution in [1.29, 1.82) is 0 Å². The Hall–Kier alpha value is -3.79. The fourth-order valence-corrected chi connectivity index (χ4v) is 4.34. The van der Waals surface area contributed by atoms with Crippen molar-refractivity contribution in [1.82, 2.24) is 0 Å². The molecule has 3 rings (SSSR count). The van der Waals surface area contributed by atoms with Gasteiger partial charge in [0.25, 0.3) is 0 Å². The number of benzene rings is 3. The molecular formula is C30H32O8S. The Morgan fingerprint density at radius 2 is 1.31 bits per heavy atom. The molecule has 0 aromatic heterocycles. The van der Waals surface area contributed by atoms with Crippen LogP contribution in [0.25, 0.3) is 10.8 Å². The van der Waals surface area contributed by atoms with Gasteiger partial charge in [-0.2, -0.15) is 0 Å². The molecule has 0 amide bonds. The van der Waals surface area contributed by atoms with Crippen LogP contribution in [0.1, 0.15) is 13.8 Å². The highest BCUT2D eigenvalue weighted by Gasteiger charge is 2.21. The van der Waals surface area contributed by atoms with Gasteiger partial charge in [0.2, 0.25) is 0 Å². The Bertz CT molecular complexity index is 1320. The van der Waals surface area contributed by atoms with E-state index in [2.05, 4.69) is 13.2 Å². The van der Waals surface area contributed by atoms with Gasteiger partial charge >= 0.3 is 11.9 Å². The third kappa shape index (κ3) is 8.35. The Kier molecular flexibility index (Phi) is 11.0. The van der Waals surface area contributed by atoms with E-state index in [0.29, 0.717) is 21.8 Å². The van der Waals surface area contributed by atoms with Crippen LogP contribution >= 0.6 is 11.8 Å². The van der Waals surface area contributed by atoms with Gasteiger partial charge in [0.05, 0.1) is 18.1 Å². The highest BCUT2D eigenvalue weighted by molar-refractivity contribution is 7.99. The van der Waals surface area contributed by atoms with Crippen molar-refractivity contribution in [2.45, 2.75) is 35.8 Å². The Morgan fingerprint density at radius 3 is 1.85 bits per heavy atom. The molecule has 2 N–H and O–H groups in total. The average Bonchev–Trinajstić information content (AvgIpc) is 2.94. The predicted octanol–water partition coefficient (Wildman–Crippen LogP) is 4.71. The maximum atomic E-state index is 12.0. The van der Waals surface area contributed by atoms with Crippen molar-refractivity contribution in [3.8, 4) is 11.5 Å². The summed E-state index contributed by atoms with van der Waals surface area (Å²) in [6.45, 7) is 9.16. The second kappa shape index (κ2) is 14.4. The normalized spacial score (nSPS) is 12.3. The first kappa shape index (κ1) is 29.8. The predicted molar refractivity (Wildman–Crippen MR) is 149 cm³/mol. The van der Waals surface area contributed by atoms with Gasteiger partial charge in [-0.15, -0.1) is 0 Å². The van der Waals surface area contributed by atoms with Crippen LogP contribution in [0.2, 0.25) is 0 Å². The van der Waals surface area contributed by atoms with Gasteiger partial charge < -0.3 is 29.2 Å². The molecule has 2 atom stereocenters. The average molecular weight is 553 g/mol. The van der Waals surface area contributed by atoms with E-state index in [1.807, 2.05) is 54.6 Å². The van der Waals surface area contributed by atoms with Crippen LogP contribution in [0.3, 0.4) is 0 Å². The number of carbonyl (C=O) groups is 2. The highest BCUT2D eigenvalue weighted by Crippen LogP contribution is 2.44. The number of aliphatic hydroxyl groups excluding tert-OH is 2. The Balaban J connectivity index is 1.97. The summed E-state index contributed by atoms with van der Waals surface area (Å²) in [5, 5.41) is 20.9. The lowest BCUT2D eigenvalue weighted by Crippen LogP contribution is -2.29. The molecule has 0 aliphatic carbocycles. The summed E-state index contributed by atoms with van der Waals surface area (Å²) in [4.78, 5) is 25.6. The lowest BCUT2D eigenvalue weighted by molar-refractivity contribution is -0.148. The van der Waals surface area contributed by atoms with Crippen molar-refractivity contribution in [3.63, 3.8) is 0 Å². The van der Waals surface area contributed by atoms with E-state index in [-0.39, 0.29) is 24.4 Å². The first-order valence-electron chi connectivity index (χ1n) is 12.2. The van der Waals surface area contributed by atoms with E-state index in [0.717, 1.165) is 10.3 Å². The third-order valence-corrected chi connectivity index (χ3v) is 6.42. The minimum Gasteiger partial charge on any atom is -0.489 e. The van der Waals surface area contributed by atoms with Crippen LogP contribution < -0.4 is 9.47 Å². The molecular weight excluding hydrogens is 520 g/mol. The third-order valence-electron chi connectivity index (χ3n) is 5.38. The summed E-state index contributed by atoms with van der Waals surface area (Å²) in [7, 11) is 0. The molecule has 206 valence electrons. The van der Waals surface area contributed by atoms with Crippen molar-refractivity contribution in [2.24, 2.45) is 0 Å². The minimum atomic E-state index is -0.897. The van der Waals surface area contributed by atoms with E-state index in [1.54, 1.807) is 6.07 Å². The van der Waals surface area contributed by atoms with E-state index in [9.17, 15) is 19.8 Å². The van der Waals surface area contributed by atoms with Crippen molar-refractivity contribution >= 4 is 34.5 Å². The molecule has 8 nitrogen and oxygen atoms in total. The summed E-state index contributed by atoms with van der Waals surface area (Å²) in [5.41, 5.74) is 0.438. The summed E-state index contributed by atoms with van der Waals surface area (Å²) in [6, 6.07) is 18.9. The lowest BCUT2D eigenvalue weighted by atomic mass is 10.1. The van der Waals surface area contributed by atoms with E-state index in [1.165, 1.54) is 25.6 Å². The number of fused-ring (bicyclic) bond motifs is 1. The summed E-state index contributed by atoms with van der Waals surface area (Å²) >= 11 is 1.44. The zero-order chi connectivity index (χ0) is 28.4. The molecule has 0 radical (unpaired) electrons. The zero-order valence-corrected chi connectivity index (χ0v) is 22.7. The summed E-state index contributed by atoms with van der Waals surface area (Å²) in [6.07, 6.45) is -1.78. The topological polar surface area (TPSA) is 112 Å². The molecule has 0 spiro atoms. The number of aliphatic hydroxyl groups is 2. The van der Waals surface area contributed by atoms with Crippen molar-refractivity contribution in [3.05, 3.63) is 85.0 Å². The molecule has 39 heavy (non-hydrogen) atoms. The van der Waals surface area contributed by atoms with Crippen LogP contribution in [-0.4, -0.2) is 60.8 Å². The molecule has 0 heterocycles. The largest absolute Gasteiger partial charge is 0.489 e. The number of hydrogen-bond donors (Lipinski definition) is 2. The maximum absolute atomic E-state index is 12.0. The minimum absolute atomic E-state index is 0.0847. The molecule has 0 saturated carbocycles. The number of esters is 2. The summed E-state index contributed by atoms with van der Waals surface area (Å²) in [5.74, 6) is -0.217. The molecule has 0 bridgehead atoms. The van der Waals surface area contributed by atoms with E-state index >= 15 is 0 Å². The molecule has 0 aliphatic heterocycles. The maximum Gasteiger partial charge on any atom is 0.333 e. The van der Waals surface area contributed by atoms with Gasteiger partial charge in [0.1, 0.15) is 24.7 Å². The molecule has 9 heteroatoms. The molecule has 0 aliphatic rings. The van der Waals surface area contributed by atoms with Gasteiger partial charge in [-0.05, 0) is 32.0 Å².